The number of ether oxygens (including phenoxy) is 1. The average molecular weight is 357 g/mol. The van der Waals surface area contributed by atoms with Crippen LogP contribution in [0.15, 0.2) is 24.4 Å². The van der Waals surface area contributed by atoms with Crippen molar-refractivity contribution < 1.29 is 14.3 Å². The molecule has 2 atom stereocenters. The zero-order chi connectivity index (χ0) is 18.1. The van der Waals surface area contributed by atoms with E-state index in [1.165, 1.54) is 0 Å². The highest BCUT2D eigenvalue weighted by atomic mass is 16.5. The van der Waals surface area contributed by atoms with Crippen molar-refractivity contribution in [2.75, 3.05) is 26.2 Å². The Morgan fingerprint density at radius 2 is 2.12 bits per heavy atom. The molecule has 2 aliphatic rings. The number of amides is 2. The highest BCUT2D eigenvalue weighted by Gasteiger charge is 2.34. The van der Waals surface area contributed by atoms with Gasteiger partial charge in [-0.25, -0.2) is 0 Å². The molecule has 8 nitrogen and oxygen atoms in total. The lowest BCUT2D eigenvalue weighted by molar-refractivity contribution is -0.126. The van der Waals surface area contributed by atoms with Crippen LogP contribution in [0.25, 0.3) is 5.65 Å². The molecule has 1 saturated carbocycles. The number of carbonyl (C=O) groups excluding carboxylic acids is 2. The molecule has 2 aromatic heterocycles. The van der Waals surface area contributed by atoms with Crippen molar-refractivity contribution in [3.8, 4) is 0 Å². The van der Waals surface area contributed by atoms with Crippen LogP contribution in [0.4, 0.5) is 0 Å². The summed E-state index contributed by atoms with van der Waals surface area (Å²) >= 11 is 0. The Kier molecular flexibility index (Phi) is 4.58. The van der Waals surface area contributed by atoms with Gasteiger partial charge in [0.25, 0.3) is 5.91 Å². The number of nitrogens with one attached hydrogen (secondary N) is 1. The van der Waals surface area contributed by atoms with Crippen molar-refractivity contribution in [1.82, 2.24) is 24.8 Å². The van der Waals surface area contributed by atoms with Gasteiger partial charge in [-0.1, -0.05) is 13.0 Å². The fraction of sp³-hybridized carbons (Fsp3) is 0.556. The Labute approximate surface area is 151 Å². The summed E-state index contributed by atoms with van der Waals surface area (Å²) in [7, 11) is 0. The minimum absolute atomic E-state index is 0.0858. The van der Waals surface area contributed by atoms with Crippen LogP contribution >= 0.6 is 0 Å². The summed E-state index contributed by atoms with van der Waals surface area (Å²) in [5, 5.41) is 11.0. The van der Waals surface area contributed by atoms with E-state index in [1.54, 1.807) is 15.5 Å². The number of pyridine rings is 1. The average Bonchev–Trinajstić information content (AvgIpc) is 3.26. The number of nitrogens with zero attached hydrogens (tertiary/aromatic N) is 4. The highest BCUT2D eigenvalue weighted by Crippen LogP contribution is 2.24. The number of likely N-dealkylation sites (tertiary alicyclic amines) is 1. The van der Waals surface area contributed by atoms with Gasteiger partial charge in [-0.05, 0) is 36.8 Å². The minimum Gasteiger partial charge on any atom is -0.368 e. The van der Waals surface area contributed by atoms with Gasteiger partial charge in [0, 0.05) is 25.8 Å². The van der Waals surface area contributed by atoms with Crippen LogP contribution in [0, 0.1) is 11.8 Å². The van der Waals surface area contributed by atoms with Gasteiger partial charge in [-0.2, -0.15) is 0 Å². The maximum atomic E-state index is 12.8. The minimum atomic E-state index is -0.124. The monoisotopic (exact) mass is 357 g/mol. The largest absolute Gasteiger partial charge is 0.368 e. The zero-order valence-electron chi connectivity index (χ0n) is 14.8. The summed E-state index contributed by atoms with van der Waals surface area (Å²) < 4.78 is 7.12. The Bertz CT molecular complexity index is 816. The van der Waals surface area contributed by atoms with Crippen LogP contribution in [0.3, 0.4) is 0 Å². The van der Waals surface area contributed by atoms with E-state index >= 15 is 0 Å². The molecule has 138 valence electrons. The lowest BCUT2D eigenvalue weighted by Crippen LogP contribution is -2.35. The summed E-state index contributed by atoms with van der Waals surface area (Å²) in [5.41, 5.74) is 0.655. The SMILES string of the molecule is C[C@@H]1CN(C(=O)c2nnc3ccccn23)C[C@H]1CNC(=O)COC1CC1. The quantitative estimate of drug-likeness (QED) is 0.823. The first-order chi connectivity index (χ1) is 12.6. The van der Waals surface area contributed by atoms with E-state index in [4.69, 9.17) is 4.74 Å². The maximum Gasteiger partial charge on any atom is 0.292 e. The van der Waals surface area contributed by atoms with E-state index in [1.807, 2.05) is 18.2 Å². The fourth-order valence-corrected chi connectivity index (χ4v) is 3.32. The van der Waals surface area contributed by atoms with E-state index in [0.29, 0.717) is 37.0 Å². The topological polar surface area (TPSA) is 88.8 Å². The molecule has 8 heteroatoms. The first-order valence-corrected chi connectivity index (χ1v) is 9.09. The summed E-state index contributed by atoms with van der Waals surface area (Å²) in [6.07, 6.45) is 4.18. The van der Waals surface area contributed by atoms with E-state index in [9.17, 15) is 9.59 Å². The molecule has 1 saturated heterocycles. The van der Waals surface area contributed by atoms with E-state index in [-0.39, 0.29) is 30.4 Å². The summed E-state index contributed by atoms with van der Waals surface area (Å²) in [4.78, 5) is 26.5. The Morgan fingerprint density at radius 1 is 1.27 bits per heavy atom. The molecule has 26 heavy (non-hydrogen) atoms. The first-order valence-electron chi connectivity index (χ1n) is 9.09. The predicted octanol–water partition coefficient (Wildman–Crippen LogP) is 0.733. The van der Waals surface area contributed by atoms with Gasteiger partial charge in [-0.3, -0.25) is 14.0 Å². The molecule has 2 aromatic rings. The third-order valence-electron chi connectivity index (χ3n) is 5.10. The van der Waals surface area contributed by atoms with Crippen LogP contribution in [0.1, 0.15) is 30.4 Å². The maximum absolute atomic E-state index is 12.8. The normalized spacial score (nSPS) is 22.7. The lowest BCUT2D eigenvalue weighted by Gasteiger charge is -2.16. The van der Waals surface area contributed by atoms with Gasteiger partial charge in [0.15, 0.2) is 5.65 Å². The van der Waals surface area contributed by atoms with Crippen molar-refractivity contribution >= 4 is 17.5 Å². The number of hydrogen-bond acceptors (Lipinski definition) is 5. The van der Waals surface area contributed by atoms with Gasteiger partial charge in [0.05, 0.1) is 6.10 Å². The highest BCUT2D eigenvalue weighted by molar-refractivity contribution is 5.91. The number of hydrogen-bond donors (Lipinski definition) is 1. The first kappa shape index (κ1) is 17.0. The smallest absolute Gasteiger partial charge is 0.292 e. The van der Waals surface area contributed by atoms with Crippen molar-refractivity contribution in [2.24, 2.45) is 11.8 Å². The molecule has 0 bridgehead atoms. The molecule has 4 rings (SSSR count). The summed E-state index contributed by atoms with van der Waals surface area (Å²) in [6, 6.07) is 5.53. The summed E-state index contributed by atoms with van der Waals surface area (Å²) in [6.45, 7) is 4.04. The molecular weight excluding hydrogens is 334 g/mol. The Balaban J connectivity index is 1.34. The van der Waals surface area contributed by atoms with E-state index < -0.39 is 0 Å². The van der Waals surface area contributed by atoms with Crippen molar-refractivity contribution in [1.29, 1.82) is 0 Å². The summed E-state index contributed by atoms with van der Waals surface area (Å²) in [5.74, 6) is 0.653. The molecule has 2 fully saturated rings. The third kappa shape index (κ3) is 3.55. The molecule has 0 unspecified atom stereocenters. The van der Waals surface area contributed by atoms with Crippen molar-refractivity contribution in [3.05, 3.63) is 30.2 Å². The second-order valence-electron chi connectivity index (χ2n) is 7.21. The fourth-order valence-electron chi connectivity index (χ4n) is 3.32. The number of aromatic nitrogens is 3. The van der Waals surface area contributed by atoms with Crippen LogP contribution in [0.2, 0.25) is 0 Å². The lowest BCUT2D eigenvalue weighted by atomic mass is 9.98. The molecule has 0 spiro atoms. The van der Waals surface area contributed by atoms with Crippen molar-refractivity contribution in [2.45, 2.75) is 25.9 Å². The zero-order valence-corrected chi connectivity index (χ0v) is 14.8. The molecule has 3 heterocycles. The second-order valence-corrected chi connectivity index (χ2v) is 7.21. The van der Waals surface area contributed by atoms with Crippen LogP contribution in [-0.2, 0) is 9.53 Å². The Morgan fingerprint density at radius 3 is 2.92 bits per heavy atom. The van der Waals surface area contributed by atoms with Gasteiger partial charge in [0.1, 0.15) is 6.61 Å². The van der Waals surface area contributed by atoms with Crippen LogP contribution in [-0.4, -0.2) is 63.7 Å². The molecule has 0 aromatic carbocycles. The molecule has 1 N–H and O–H groups in total. The van der Waals surface area contributed by atoms with Gasteiger partial charge >= 0.3 is 0 Å². The predicted molar refractivity (Wildman–Crippen MR) is 93.5 cm³/mol. The van der Waals surface area contributed by atoms with Gasteiger partial charge in [0.2, 0.25) is 11.7 Å². The molecule has 1 aliphatic heterocycles. The van der Waals surface area contributed by atoms with E-state index in [0.717, 1.165) is 12.8 Å². The van der Waals surface area contributed by atoms with E-state index in [2.05, 4.69) is 22.4 Å². The number of carbonyl (C=O) groups is 2. The van der Waals surface area contributed by atoms with Gasteiger partial charge in [-0.15, -0.1) is 10.2 Å². The second kappa shape index (κ2) is 7.03. The number of fused-ring (bicyclic) bond motifs is 1. The number of rotatable bonds is 6. The third-order valence-corrected chi connectivity index (χ3v) is 5.10. The van der Waals surface area contributed by atoms with Crippen LogP contribution in [0.5, 0.6) is 0 Å². The van der Waals surface area contributed by atoms with Crippen molar-refractivity contribution in [3.63, 3.8) is 0 Å². The van der Waals surface area contributed by atoms with Crippen LogP contribution < -0.4 is 5.32 Å². The Hall–Kier alpha value is -2.48. The molecular formula is C18H23N5O3. The molecule has 2 amide bonds. The standard InChI is InChI=1S/C18H23N5O3/c1-12-9-22(10-13(12)8-19-16(24)11-26-14-5-6-14)18(25)17-21-20-15-4-2-3-7-23(15)17/h2-4,7,12-14H,5-6,8-11H2,1H3,(H,19,24)/t12-,13-/m1/s1. The molecule has 1 aliphatic carbocycles. The van der Waals surface area contributed by atoms with Gasteiger partial charge < -0.3 is 15.0 Å². The molecule has 0 radical (unpaired) electrons.